The Balaban J connectivity index is 1.55. The highest BCUT2D eigenvalue weighted by molar-refractivity contribution is 6.31. The predicted octanol–water partition coefficient (Wildman–Crippen LogP) is 6.77. The van der Waals surface area contributed by atoms with Gasteiger partial charge in [-0.25, -0.2) is 9.78 Å². The molecule has 2 aromatic carbocycles. The molecule has 3 aromatic rings. The zero-order valence-corrected chi connectivity index (χ0v) is 19.0. The molecule has 0 atom stereocenters. The number of esters is 1. The average molecular weight is 452 g/mol. The number of halogens is 1. The summed E-state index contributed by atoms with van der Waals surface area (Å²) in [5, 5.41) is 0.669. The quantitative estimate of drug-likeness (QED) is 0.193. The van der Waals surface area contributed by atoms with Gasteiger partial charge >= 0.3 is 5.97 Å². The summed E-state index contributed by atoms with van der Waals surface area (Å²) in [7, 11) is 0. The molecule has 0 saturated heterocycles. The Morgan fingerprint density at radius 1 is 1.09 bits per heavy atom. The number of unbranched alkanes of at least 4 members (excludes halogenated alkanes) is 1. The number of carbonyl (C=O) groups is 1. The van der Waals surface area contributed by atoms with E-state index in [0.29, 0.717) is 35.6 Å². The number of nitrogens with zero attached hydrogens (tertiary/aromatic N) is 1. The normalized spacial score (nSPS) is 10.8. The Morgan fingerprint density at radius 2 is 1.91 bits per heavy atom. The van der Waals surface area contributed by atoms with Crippen molar-refractivity contribution < 1.29 is 19.0 Å². The zero-order chi connectivity index (χ0) is 22.8. The van der Waals surface area contributed by atoms with Crippen molar-refractivity contribution in [1.82, 2.24) is 4.98 Å². The molecule has 0 aliphatic heterocycles. The van der Waals surface area contributed by atoms with Gasteiger partial charge in [0, 0.05) is 22.7 Å². The molecule has 0 fully saturated rings. The van der Waals surface area contributed by atoms with Gasteiger partial charge in [-0.15, -0.1) is 0 Å². The lowest BCUT2D eigenvalue weighted by Crippen LogP contribution is -2.01. The smallest absolute Gasteiger partial charge is 0.330 e. The molecular weight excluding hydrogens is 426 g/mol. The summed E-state index contributed by atoms with van der Waals surface area (Å²) >= 11 is 6.15. The summed E-state index contributed by atoms with van der Waals surface area (Å²) in [4.78, 5) is 16.0. The van der Waals surface area contributed by atoms with E-state index in [1.807, 2.05) is 49.4 Å². The zero-order valence-electron chi connectivity index (χ0n) is 18.2. The predicted molar refractivity (Wildman–Crippen MR) is 126 cm³/mol. The van der Waals surface area contributed by atoms with Crippen molar-refractivity contribution in [2.45, 2.75) is 33.3 Å². The fourth-order valence-corrected chi connectivity index (χ4v) is 3.02. The van der Waals surface area contributed by atoms with Crippen LogP contribution >= 0.6 is 11.6 Å². The van der Waals surface area contributed by atoms with Crippen LogP contribution in [0.3, 0.4) is 0 Å². The molecule has 0 unspecified atom stereocenters. The fraction of sp³-hybridized carbons (Fsp3) is 0.231. The van der Waals surface area contributed by atoms with Gasteiger partial charge in [-0.05, 0) is 54.8 Å². The van der Waals surface area contributed by atoms with E-state index in [1.165, 1.54) is 6.08 Å². The maximum absolute atomic E-state index is 11.7. The van der Waals surface area contributed by atoms with Crippen LogP contribution in [-0.2, 0) is 16.1 Å². The number of ether oxygens (including phenoxy) is 3. The highest BCUT2D eigenvalue weighted by Gasteiger charge is 2.05. The number of rotatable bonds is 10. The summed E-state index contributed by atoms with van der Waals surface area (Å²) in [6.45, 7) is 4.81. The lowest BCUT2D eigenvalue weighted by molar-refractivity contribution is -0.137. The van der Waals surface area contributed by atoms with E-state index in [0.717, 1.165) is 29.5 Å². The molecule has 166 valence electrons. The highest BCUT2D eigenvalue weighted by Crippen LogP contribution is 2.25. The summed E-state index contributed by atoms with van der Waals surface area (Å²) in [6, 6.07) is 16.7. The van der Waals surface area contributed by atoms with Gasteiger partial charge in [-0.2, -0.15) is 0 Å². The third kappa shape index (κ3) is 7.13. The van der Waals surface area contributed by atoms with Crippen LogP contribution < -0.4 is 9.47 Å². The van der Waals surface area contributed by atoms with Crippen molar-refractivity contribution in [1.29, 1.82) is 0 Å². The largest absolute Gasteiger partial charge is 0.487 e. The number of carbonyl (C=O) groups excluding carboxylic acids is 1. The first-order valence-corrected chi connectivity index (χ1v) is 10.9. The SMILES string of the molecule is CCCCOC(=O)/C=C/c1ccc(Oc2ccc(OCc3ccccc3Cl)cn2)cc1C. The van der Waals surface area contributed by atoms with Gasteiger partial charge in [0.15, 0.2) is 0 Å². The van der Waals surface area contributed by atoms with E-state index in [2.05, 4.69) is 11.9 Å². The van der Waals surface area contributed by atoms with Crippen molar-refractivity contribution in [2.75, 3.05) is 6.61 Å². The number of hydrogen-bond acceptors (Lipinski definition) is 5. The van der Waals surface area contributed by atoms with Crippen molar-refractivity contribution in [2.24, 2.45) is 0 Å². The number of aromatic nitrogens is 1. The average Bonchev–Trinajstić information content (AvgIpc) is 2.79. The van der Waals surface area contributed by atoms with E-state index in [-0.39, 0.29) is 5.97 Å². The van der Waals surface area contributed by atoms with Gasteiger partial charge in [0.2, 0.25) is 5.88 Å². The van der Waals surface area contributed by atoms with Crippen LogP contribution in [0.25, 0.3) is 6.08 Å². The van der Waals surface area contributed by atoms with E-state index in [9.17, 15) is 4.79 Å². The maximum atomic E-state index is 11.7. The summed E-state index contributed by atoms with van der Waals surface area (Å²) in [5.41, 5.74) is 2.80. The molecule has 0 spiro atoms. The minimum atomic E-state index is -0.334. The monoisotopic (exact) mass is 451 g/mol. The number of hydrogen-bond donors (Lipinski definition) is 0. The lowest BCUT2D eigenvalue weighted by atomic mass is 10.1. The molecule has 6 heteroatoms. The molecule has 1 heterocycles. The summed E-state index contributed by atoms with van der Waals surface area (Å²) < 4.78 is 16.7. The second-order valence-electron chi connectivity index (χ2n) is 7.19. The second-order valence-corrected chi connectivity index (χ2v) is 7.59. The first-order valence-electron chi connectivity index (χ1n) is 10.5. The van der Waals surface area contributed by atoms with E-state index in [4.69, 9.17) is 25.8 Å². The highest BCUT2D eigenvalue weighted by atomic mass is 35.5. The third-order valence-electron chi connectivity index (χ3n) is 4.67. The third-order valence-corrected chi connectivity index (χ3v) is 5.03. The minimum Gasteiger partial charge on any atom is -0.487 e. The van der Waals surface area contributed by atoms with Gasteiger partial charge in [0.05, 0.1) is 12.8 Å². The molecule has 3 rings (SSSR count). The van der Waals surface area contributed by atoms with Crippen LogP contribution in [-0.4, -0.2) is 17.6 Å². The molecule has 0 amide bonds. The van der Waals surface area contributed by atoms with Crippen molar-refractivity contribution >= 4 is 23.6 Å². The van der Waals surface area contributed by atoms with Gasteiger partial charge in [0.25, 0.3) is 0 Å². The first-order chi connectivity index (χ1) is 15.5. The molecule has 1 aromatic heterocycles. The van der Waals surface area contributed by atoms with Gasteiger partial charge in [-0.1, -0.05) is 49.2 Å². The number of pyridine rings is 1. The van der Waals surface area contributed by atoms with Crippen LogP contribution in [0, 0.1) is 6.92 Å². The standard InChI is InChI=1S/C26H26ClNO4/c1-3-4-15-30-26(29)14-10-20-9-11-22(16-19(20)2)32-25-13-12-23(17-28-25)31-18-21-7-5-6-8-24(21)27/h5-14,16-17H,3-4,15,18H2,1-2H3/b14-10+. The van der Waals surface area contributed by atoms with E-state index >= 15 is 0 Å². The summed E-state index contributed by atoms with van der Waals surface area (Å²) in [5.74, 6) is 1.40. The van der Waals surface area contributed by atoms with Crippen molar-refractivity contribution in [3.05, 3.63) is 88.6 Å². The van der Waals surface area contributed by atoms with Crippen molar-refractivity contribution in [3.63, 3.8) is 0 Å². The van der Waals surface area contributed by atoms with Gasteiger partial charge in [-0.3, -0.25) is 0 Å². The van der Waals surface area contributed by atoms with E-state index < -0.39 is 0 Å². The number of aryl methyl sites for hydroxylation is 1. The molecular formula is C26H26ClNO4. The van der Waals surface area contributed by atoms with Crippen LogP contribution in [0.4, 0.5) is 0 Å². The second kappa shape index (κ2) is 11.9. The Morgan fingerprint density at radius 3 is 2.62 bits per heavy atom. The van der Waals surface area contributed by atoms with Crippen LogP contribution in [0.5, 0.6) is 17.4 Å². The molecule has 0 N–H and O–H groups in total. The lowest BCUT2D eigenvalue weighted by Gasteiger charge is -2.10. The van der Waals surface area contributed by atoms with E-state index in [1.54, 1.807) is 24.4 Å². The Labute approximate surface area is 193 Å². The van der Waals surface area contributed by atoms with Crippen LogP contribution in [0.1, 0.15) is 36.5 Å². The number of benzene rings is 2. The molecule has 0 bridgehead atoms. The minimum absolute atomic E-state index is 0.334. The molecule has 0 radical (unpaired) electrons. The Kier molecular flexibility index (Phi) is 8.70. The molecule has 0 aliphatic rings. The molecule has 0 aliphatic carbocycles. The Bertz CT molecular complexity index is 1060. The maximum Gasteiger partial charge on any atom is 0.330 e. The van der Waals surface area contributed by atoms with Crippen LogP contribution in [0.15, 0.2) is 66.9 Å². The fourth-order valence-electron chi connectivity index (χ4n) is 2.83. The molecule has 32 heavy (non-hydrogen) atoms. The van der Waals surface area contributed by atoms with Crippen LogP contribution in [0.2, 0.25) is 5.02 Å². The van der Waals surface area contributed by atoms with Gasteiger partial charge < -0.3 is 14.2 Å². The molecule has 0 saturated carbocycles. The van der Waals surface area contributed by atoms with Crippen molar-refractivity contribution in [3.8, 4) is 17.4 Å². The molecule has 5 nitrogen and oxygen atoms in total. The summed E-state index contributed by atoms with van der Waals surface area (Å²) in [6.07, 6.45) is 6.66. The topological polar surface area (TPSA) is 57.7 Å². The first kappa shape index (κ1) is 23.4. The Hall–Kier alpha value is -3.31. The van der Waals surface area contributed by atoms with Gasteiger partial charge in [0.1, 0.15) is 18.1 Å².